The van der Waals surface area contributed by atoms with Crippen molar-refractivity contribution in [3.63, 3.8) is 0 Å². The standard InChI is InChI=1S/C60H80F2N8O4Si2/c1-39(2)75(40(3)4,41(5)6)31-21-49-52(61)19-18-46-32-48(74-76(42(7)8,43(9)10)44(11)12)33-50(53(46)49)55-54(62)56-51(34-65-55)57(67-58(66-56)73-38-60(22-23-60)37-68-27-25-64-26-28-68)69-29-30-70(47(35-69)20-24-63)59(71)72-36-45-16-14-13-15-17-45/h13-19,32-34,39-44,47,64H,20,22-23,25-30,35-38H2,1-12H3/t47-/m0/s1. The van der Waals surface area contributed by atoms with Gasteiger partial charge in [0.15, 0.2) is 5.82 Å². The van der Waals surface area contributed by atoms with E-state index in [9.17, 15) is 10.1 Å². The topological polar surface area (TPSA) is 129 Å². The zero-order valence-corrected chi connectivity index (χ0v) is 49.0. The minimum absolute atomic E-state index is 0.0110. The number of nitrogens with one attached hydrogen (secondary N) is 1. The molecule has 1 N–H and O–H groups in total. The number of rotatable bonds is 18. The van der Waals surface area contributed by atoms with Crippen LogP contribution in [0.3, 0.4) is 0 Å². The molecule has 5 aromatic rings. The summed E-state index contributed by atoms with van der Waals surface area (Å²) < 4.78 is 55.0. The molecule has 2 aromatic heterocycles. The largest absolute Gasteiger partial charge is 0.543 e. The highest BCUT2D eigenvalue weighted by Crippen LogP contribution is 2.48. The highest BCUT2D eigenvalue weighted by atomic mass is 28.4. The smallest absolute Gasteiger partial charge is 0.410 e. The van der Waals surface area contributed by atoms with Crippen molar-refractivity contribution in [1.29, 1.82) is 5.26 Å². The number of carbonyl (C=O) groups is 1. The molecule has 0 unspecified atom stereocenters. The molecular formula is C60H80F2N8O4Si2. The molecule has 4 heterocycles. The number of nitriles is 1. The zero-order valence-electron chi connectivity index (χ0n) is 47.0. The Labute approximate surface area is 452 Å². The third kappa shape index (κ3) is 11.5. The Bertz CT molecular complexity index is 2940. The molecule has 3 aromatic carbocycles. The SMILES string of the molecule is CC(C)[Si](C#Cc1c(F)ccc2cc(O[Si](C(C)C)(C(C)C)C(C)C)cc(-c3ncc4c(N5CCN(C(=O)OCc6ccccc6)[C@@H](CC#N)C5)nc(OCC5(CN6CCNCC6)CC5)nc4c3F)c12)(C(C)C)C(C)C. The summed E-state index contributed by atoms with van der Waals surface area (Å²) >= 11 is 0. The van der Waals surface area contributed by atoms with Gasteiger partial charge in [-0.3, -0.25) is 4.98 Å². The summed E-state index contributed by atoms with van der Waals surface area (Å²) in [6.07, 6.45) is 3.10. The van der Waals surface area contributed by atoms with Gasteiger partial charge in [-0.2, -0.15) is 15.2 Å². The van der Waals surface area contributed by atoms with Crippen LogP contribution in [0.15, 0.2) is 60.8 Å². The number of fused-ring (bicyclic) bond motifs is 2. The lowest BCUT2D eigenvalue weighted by atomic mass is 9.95. The van der Waals surface area contributed by atoms with Gasteiger partial charge in [0.05, 0.1) is 36.1 Å². The number of pyridine rings is 1. The number of aromatic nitrogens is 3. The number of ether oxygens (including phenoxy) is 2. The lowest BCUT2D eigenvalue weighted by Crippen LogP contribution is -2.55. The monoisotopic (exact) mass is 1070 g/mol. The Morgan fingerprint density at radius 2 is 1.53 bits per heavy atom. The maximum atomic E-state index is 18.5. The van der Waals surface area contributed by atoms with Crippen molar-refractivity contribution in [3.8, 4) is 40.6 Å². The molecule has 1 amide bonds. The Morgan fingerprint density at radius 1 is 0.855 bits per heavy atom. The van der Waals surface area contributed by atoms with Crippen LogP contribution >= 0.6 is 0 Å². The molecule has 3 aliphatic rings. The number of piperazine rings is 2. The van der Waals surface area contributed by atoms with E-state index in [0.29, 0.717) is 63.1 Å². The molecule has 3 fully saturated rings. The molecule has 76 heavy (non-hydrogen) atoms. The van der Waals surface area contributed by atoms with Crippen LogP contribution in [0.5, 0.6) is 11.8 Å². The van der Waals surface area contributed by atoms with E-state index in [2.05, 4.69) is 111 Å². The summed E-state index contributed by atoms with van der Waals surface area (Å²) in [5.41, 5.74) is 6.68. The quantitative estimate of drug-likeness (QED) is 0.0665. The van der Waals surface area contributed by atoms with E-state index in [1.54, 1.807) is 17.2 Å². The third-order valence-corrected chi connectivity index (χ3v) is 29.3. The first-order valence-electron chi connectivity index (χ1n) is 27.7. The van der Waals surface area contributed by atoms with Gasteiger partial charge in [0.2, 0.25) is 0 Å². The molecule has 2 saturated heterocycles. The second-order valence-electron chi connectivity index (χ2n) is 23.6. The Balaban J connectivity index is 1.29. The van der Waals surface area contributed by atoms with E-state index < -0.39 is 40.2 Å². The van der Waals surface area contributed by atoms with Crippen molar-refractivity contribution >= 4 is 50.0 Å². The minimum atomic E-state index is -2.56. The maximum Gasteiger partial charge on any atom is 0.410 e. The molecule has 0 spiro atoms. The van der Waals surface area contributed by atoms with Crippen LogP contribution in [0.4, 0.5) is 19.4 Å². The summed E-state index contributed by atoms with van der Waals surface area (Å²) in [6, 6.07) is 18.2. The Kier molecular flexibility index (Phi) is 17.5. The molecule has 2 aliphatic heterocycles. The van der Waals surface area contributed by atoms with E-state index in [4.69, 9.17) is 28.9 Å². The molecule has 8 rings (SSSR count). The minimum Gasteiger partial charge on any atom is -0.543 e. The molecule has 1 aliphatic carbocycles. The number of hydrogen-bond acceptors (Lipinski definition) is 11. The van der Waals surface area contributed by atoms with Crippen molar-refractivity contribution in [2.24, 2.45) is 5.41 Å². The van der Waals surface area contributed by atoms with Gasteiger partial charge in [-0.1, -0.05) is 125 Å². The van der Waals surface area contributed by atoms with Gasteiger partial charge in [0.25, 0.3) is 8.32 Å². The average Bonchev–Trinajstić information content (AvgIpc) is 4.16. The molecule has 0 radical (unpaired) electrons. The summed E-state index contributed by atoms with van der Waals surface area (Å²) in [5, 5.41) is 15.0. The highest BCUT2D eigenvalue weighted by molar-refractivity contribution is 6.90. The van der Waals surface area contributed by atoms with Gasteiger partial charge in [0, 0.05) is 74.9 Å². The number of amides is 1. The van der Waals surface area contributed by atoms with Crippen LogP contribution in [-0.2, 0) is 11.3 Å². The zero-order chi connectivity index (χ0) is 54.7. The van der Waals surface area contributed by atoms with Crippen molar-refractivity contribution < 1.29 is 27.5 Å². The lowest BCUT2D eigenvalue weighted by molar-refractivity contribution is 0.0768. The van der Waals surface area contributed by atoms with Gasteiger partial charge < -0.3 is 33.9 Å². The van der Waals surface area contributed by atoms with Crippen LogP contribution in [0.2, 0.25) is 33.2 Å². The molecule has 1 saturated carbocycles. The molecule has 0 bridgehead atoms. The van der Waals surface area contributed by atoms with Crippen LogP contribution in [-0.4, -0.2) is 112 Å². The van der Waals surface area contributed by atoms with E-state index in [1.165, 1.54) is 6.07 Å². The Morgan fingerprint density at radius 3 is 2.14 bits per heavy atom. The number of halogens is 2. The first kappa shape index (κ1) is 56.5. The molecular weight excluding hydrogens is 991 g/mol. The van der Waals surface area contributed by atoms with Crippen LogP contribution < -0.4 is 19.4 Å². The number of benzene rings is 3. The first-order valence-corrected chi connectivity index (χ1v) is 32.1. The molecule has 406 valence electrons. The Hall–Kier alpha value is -5.66. The van der Waals surface area contributed by atoms with Crippen LogP contribution in [0, 0.1) is 39.8 Å². The van der Waals surface area contributed by atoms with Crippen molar-refractivity contribution in [3.05, 3.63) is 83.6 Å². The first-order chi connectivity index (χ1) is 36.2. The summed E-state index contributed by atoms with van der Waals surface area (Å²) in [6.45, 7) is 32.6. The normalized spacial score (nSPS) is 17.3. The van der Waals surface area contributed by atoms with Crippen molar-refractivity contribution in [2.45, 2.75) is 148 Å². The van der Waals surface area contributed by atoms with Crippen molar-refractivity contribution in [1.82, 2.24) is 30.1 Å². The predicted octanol–water partition coefficient (Wildman–Crippen LogP) is 13.1. The van der Waals surface area contributed by atoms with E-state index in [0.717, 1.165) is 51.1 Å². The fraction of sp³-hybridized carbons (Fsp3) is 0.550. The van der Waals surface area contributed by atoms with Gasteiger partial charge in [-0.15, -0.1) is 5.54 Å². The fourth-order valence-electron chi connectivity index (χ4n) is 12.9. The number of nitrogens with zero attached hydrogens (tertiary/aromatic N) is 7. The maximum absolute atomic E-state index is 18.5. The van der Waals surface area contributed by atoms with Crippen molar-refractivity contribution in [2.75, 3.05) is 63.9 Å². The summed E-state index contributed by atoms with van der Waals surface area (Å²) in [7, 11) is -4.93. The van der Waals surface area contributed by atoms with E-state index >= 15 is 8.78 Å². The second-order valence-corrected chi connectivity index (χ2v) is 34.5. The third-order valence-electron chi connectivity index (χ3n) is 17.0. The number of anilines is 1. The average molecular weight is 1070 g/mol. The summed E-state index contributed by atoms with van der Waals surface area (Å²) in [4.78, 5) is 34.5. The highest BCUT2D eigenvalue weighted by Gasteiger charge is 2.48. The van der Waals surface area contributed by atoms with E-state index in [-0.39, 0.29) is 70.9 Å². The molecule has 16 heteroatoms. The molecule has 1 atom stereocenters. The fourth-order valence-corrected chi connectivity index (χ4v) is 23.4. The second kappa shape index (κ2) is 23.5. The predicted molar refractivity (Wildman–Crippen MR) is 306 cm³/mol. The van der Waals surface area contributed by atoms with Gasteiger partial charge in [-0.05, 0) is 75.2 Å². The van der Waals surface area contributed by atoms with Gasteiger partial charge in [0.1, 0.15) is 43.3 Å². The lowest BCUT2D eigenvalue weighted by Gasteiger charge is -2.42. The number of hydrogen-bond donors (Lipinski definition) is 1. The number of carbonyl (C=O) groups excluding carboxylic acids is 1. The van der Waals surface area contributed by atoms with E-state index in [1.807, 2.05) is 47.4 Å². The summed E-state index contributed by atoms with van der Waals surface area (Å²) in [5.74, 6) is 3.17. The molecule has 12 nitrogen and oxygen atoms in total. The van der Waals surface area contributed by atoms with Gasteiger partial charge in [-0.25, -0.2) is 13.6 Å². The van der Waals surface area contributed by atoms with Crippen LogP contribution in [0.25, 0.3) is 32.9 Å². The van der Waals surface area contributed by atoms with Gasteiger partial charge >= 0.3 is 12.1 Å². The van der Waals surface area contributed by atoms with Crippen LogP contribution in [0.1, 0.15) is 113 Å².